The molecule has 17 heavy (non-hydrogen) atoms. The number of aromatic nitrogens is 1. The summed E-state index contributed by atoms with van der Waals surface area (Å²) < 4.78 is 0. The van der Waals surface area contributed by atoms with Crippen molar-refractivity contribution < 1.29 is 0 Å². The van der Waals surface area contributed by atoms with Crippen LogP contribution in [-0.4, -0.2) is 11.5 Å². The topological polar surface area (TPSA) is 38.9 Å². The van der Waals surface area contributed by atoms with Crippen molar-refractivity contribution in [1.82, 2.24) is 4.98 Å². The van der Waals surface area contributed by atoms with Gasteiger partial charge in [0, 0.05) is 23.4 Å². The van der Waals surface area contributed by atoms with E-state index in [-0.39, 0.29) is 0 Å². The maximum Gasteiger partial charge on any atom is 0.0976 e. The predicted octanol–water partition coefficient (Wildman–Crippen LogP) is 3.57. The largest absolute Gasteiger partial charge is 0.330 e. The van der Waals surface area contributed by atoms with Gasteiger partial charge in [-0.25, -0.2) is 4.98 Å². The minimum absolute atomic E-state index is 0.401. The molecule has 2 rings (SSSR count). The summed E-state index contributed by atoms with van der Waals surface area (Å²) >= 11 is 1.72. The third-order valence-corrected chi connectivity index (χ3v) is 4.08. The summed E-state index contributed by atoms with van der Waals surface area (Å²) in [6.07, 6.45) is 1.05. The minimum atomic E-state index is 0.401. The lowest BCUT2D eigenvalue weighted by atomic mass is 10.1. The Hall–Kier alpha value is -1.19. The second-order valence-corrected chi connectivity index (χ2v) is 5.12. The lowest BCUT2D eigenvalue weighted by molar-refractivity contribution is 0.670. The quantitative estimate of drug-likeness (QED) is 0.895. The van der Waals surface area contributed by atoms with Gasteiger partial charge in [-0.15, -0.1) is 11.3 Å². The zero-order valence-electron chi connectivity index (χ0n) is 10.3. The Labute approximate surface area is 107 Å². The van der Waals surface area contributed by atoms with Crippen LogP contribution in [0, 0.1) is 6.92 Å². The summed E-state index contributed by atoms with van der Waals surface area (Å²) in [6, 6.07) is 8.36. The Morgan fingerprint density at radius 3 is 2.76 bits per heavy atom. The third-order valence-electron chi connectivity index (χ3n) is 3.07. The summed E-state index contributed by atoms with van der Waals surface area (Å²) in [7, 11) is 0. The molecule has 0 saturated carbocycles. The molecule has 1 atom stereocenters. The monoisotopic (exact) mass is 246 g/mol. The van der Waals surface area contributed by atoms with E-state index in [1.807, 2.05) is 0 Å². The molecular weight excluding hydrogens is 228 g/mol. The lowest BCUT2D eigenvalue weighted by Gasteiger charge is -2.07. The van der Waals surface area contributed by atoms with Crippen LogP contribution in [0.4, 0.5) is 0 Å². The third kappa shape index (κ3) is 2.56. The number of rotatable bonds is 4. The van der Waals surface area contributed by atoms with E-state index in [4.69, 9.17) is 10.7 Å². The van der Waals surface area contributed by atoms with Gasteiger partial charge in [-0.05, 0) is 18.9 Å². The van der Waals surface area contributed by atoms with E-state index in [0.717, 1.165) is 17.1 Å². The molecule has 0 bridgehead atoms. The molecule has 2 nitrogen and oxygen atoms in total. The molecule has 0 saturated heterocycles. The second-order valence-electron chi connectivity index (χ2n) is 4.23. The van der Waals surface area contributed by atoms with Gasteiger partial charge in [0.1, 0.15) is 0 Å². The van der Waals surface area contributed by atoms with Gasteiger partial charge in [0.25, 0.3) is 0 Å². The van der Waals surface area contributed by atoms with Gasteiger partial charge in [-0.2, -0.15) is 0 Å². The van der Waals surface area contributed by atoms with Crippen LogP contribution in [0.2, 0.25) is 0 Å². The van der Waals surface area contributed by atoms with Crippen LogP contribution < -0.4 is 5.73 Å². The highest BCUT2D eigenvalue weighted by molar-refractivity contribution is 7.10. The molecule has 1 aromatic carbocycles. The van der Waals surface area contributed by atoms with Crippen molar-refractivity contribution >= 4 is 11.3 Å². The van der Waals surface area contributed by atoms with Gasteiger partial charge in [0.05, 0.1) is 10.7 Å². The van der Waals surface area contributed by atoms with Crippen molar-refractivity contribution in [2.24, 2.45) is 5.73 Å². The summed E-state index contributed by atoms with van der Waals surface area (Å²) in [4.78, 5) is 4.72. The predicted molar refractivity (Wildman–Crippen MR) is 74.4 cm³/mol. The number of nitrogens with zero attached hydrogens (tertiary/aromatic N) is 1. The Kier molecular flexibility index (Phi) is 3.92. The molecule has 2 aromatic rings. The minimum Gasteiger partial charge on any atom is -0.330 e. The molecule has 90 valence electrons. The van der Waals surface area contributed by atoms with Crippen LogP contribution in [0.1, 0.15) is 29.8 Å². The number of benzene rings is 1. The first-order valence-electron chi connectivity index (χ1n) is 5.97. The molecule has 1 unspecified atom stereocenters. The van der Waals surface area contributed by atoms with Crippen LogP contribution in [-0.2, 0) is 0 Å². The van der Waals surface area contributed by atoms with Crippen LogP contribution in [0.3, 0.4) is 0 Å². The van der Waals surface area contributed by atoms with Gasteiger partial charge < -0.3 is 5.73 Å². The van der Waals surface area contributed by atoms with E-state index in [1.165, 1.54) is 11.1 Å². The molecule has 3 heteroatoms. The molecular formula is C14H18N2S. The summed E-state index contributed by atoms with van der Waals surface area (Å²) in [5, 5.41) is 3.30. The molecule has 0 spiro atoms. The van der Waals surface area contributed by atoms with Crippen LogP contribution in [0.25, 0.3) is 11.3 Å². The Morgan fingerprint density at radius 1 is 1.35 bits per heavy atom. The molecule has 0 fully saturated rings. The van der Waals surface area contributed by atoms with Crippen LogP contribution >= 0.6 is 11.3 Å². The van der Waals surface area contributed by atoms with Crippen molar-refractivity contribution in [1.29, 1.82) is 0 Å². The standard InChI is InChI=1S/C14H18N2S/c1-3-11(8-15)14-16-13(9-17-14)12-7-5-4-6-10(12)2/h4-7,9,11H,3,8,15H2,1-2H3. The molecule has 0 aliphatic heterocycles. The van der Waals surface area contributed by atoms with E-state index in [2.05, 4.69) is 43.5 Å². The van der Waals surface area contributed by atoms with E-state index in [0.29, 0.717) is 12.5 Å². The SMILES string of the molecule is CCC(CN)c1nc(-c2ccccc2C)cs1. The fourth-order valence-corrected chi connectivity index (χ4v) is 2.92. The van der Waals surface area contributed by atoms with E-state index in [9.17, 15) is 0 Å². The van der Waals surface area contributed by atoms with E-state index >= 15 is 0 Å². The Morgan fingerprint density at radius 2 is 2.12 bits per heavy atom. The molecule has 0 aliphatic carbocycles. The number of aryl methyl sites for hydroxylation is 1. The number of nitrogens with two attached hydrogens (primary N) is 1. The van der Waals surface area contributed by atoms with E-state index < -0.39 is 0 Å². The maximum atomic E-state index is 5.76. The number of hydrogen-bond acceptors (Lipinski definition) is 3. The van der Waals surface area contributed by atoms with Crippen molar-refractivity contribution in [2.75, 3.05) is 6.54 Å². The van der Waals surface area contributed by atoms with Gasteiger partial charge in [0.15, 0.2) is 0 Å². The van der Waals surface area contributed by atoms with Gasteiger partial charge in [-0.3, -0.25) is 0 Å². The summed E-state index contributed by atoms with van der Waals surface area (Å²) in [6.45, 7) is 4.96. The number of hydrogen-bond donors (Lipinski definition) is 1. The highest BCUT2D eigenvalue weighted by Crippen LogP contribution is 2.29. The van der Waals surface area contributed by atoms with Gasteiger partial charge in [-0.1, -0.05) is 31.2 Å². The normalized spacial score (nSPS) is 12.6. The van der Waals surface area contributed by atoms with Crippen molar-refractivity contribution in [3.63, 3.8) is 0 Å². The average Bonchev–Trinajstić information content (AvgIpc) is 2.81. The highest BCUT2D eigenvalue weighted by Gasteiger charge is 2.13. The first-order valence-corrected chi connectivity index (χ1v) is 6.85. The molecule has 0 amide bonds. The van der Waals surface area contributed by atoms with Crippen molar-refractivity contribution in [3.05, 3.63) is 40.2 Å². The fraction of sp³-hybridized carbons (Fsp3) is 0.357. The van der Waals surface area contributed by atoms with Crippen LogP contribution in [0.5, 0.6) is 0 Å². The lowest BCUT2D eigenvalue weighted by Crippen LogP contribution is -2.11. The first kappa shape index (κ1) is 12.3. The van der Waals surface area contributed by atoms with Gasteiger partial charge >= 0.3 is 0 Å². The van der Waals surface area contributed by atoms with Crippen molar-refractivity contribution in [3.8, 4) is 11.3 Å². The highest BCUT2D eigenvalue weighted by atomic mass is 32.1. The molecule has 1 heterocycles. The smallest absolute Gasteiger partial charge is 0.0976 e. The fourth-order valence-electron chi connectivity index (χ4n) is 1.90. The summed E-state index contributed by atoms with van der Waals surface area (Å²) in [5.74, 6) is 0.401. The second kappa shape index (κ2) is 5.43. The Bertz CT molecular complexity index is 486. The molecule has 1 aromatic heterocycles. The molecule has 0 aliphatic rings. The van der Waals surface area contributed by atoms with Crippen LogP contribution in [0.15, 0.2) is 29.6 Å². The van der Waals surface area contributed by atoms with E-state index in [1.54, 1.807) is 11.3 Å². The van der Waals surface area contributed by atoms with Crippen molar-refractivity contribution in [2.45, 2.75) is 26.2 Å². The number of thiazole rings is 1. The maximum absolute atomic E-state index is 5.76. The summed E-state index contributed by atoms with van der Waals surface area (Å²) in [5.41, 5.74) is 9.33. The molecule has 0 radical (unpaired) electrons. The zero-order chi connectivity index (χ0) is 12.3. The first-order chi connectivity index (χ1) is 8.26. The average molecular weight is 246 g/mol. The van der Waals surface area contributed by atoms with Gasteiger partial charge in [0.2, 0.25) is 0 Å². The zero-order valence-corrected chi connectivity index (χ0v) is 11.1. The Balaban J connectivity index is 2.33. The molecule has 2 N–H and O–H groups in total.